The van der Waals surface area contributed by atoms with Gasteiger partial charge in [0.1, 0.15) is 11.4 Å². The van der Waals surface area contributed by atoms with E-state index in [1.54, 1.807) is 16.8 Å². The maximum atomic E-state index is 13.3. The molecule has 1 atom stereocenters. The second-order valence-corrected chi connectivity index (χ2v) is 8.75. The normalized spacial score (nSPS) is 17.2. The molecule has 2 aromatic carbocycles. The molecule has 0 spiro atoms. The summed E-state index contributed by atoms with van der Waals surface area (Å²) in [6, 6.07) is 14.4. The van der Waals surface area contributed by atoms with Gasteiger partial charge in [0, 0.05) is 43.8 Å². The Labute approximate surface area is 201 Å². The van der Waals surface area contributed by atoms with Crippen LogP contribution in [-0.2, 0) is 6.42 Å². The van der Waals surface area contributed by atoms with Gasteiger partial charge in [0.05, 0.1) is 6.04 Å². The quantitative estimate of drug-likeness (QED) is 0.600. The molecule has 3 aromatic rings. The topological polar surface area (TPSA) is 94.9 Å². The van der Waals surface area contributed by atoms with Crippen LogP contribution in [0.15, 0.2) is 65.6 Å². The summed E-state index contributed by atoms with van der Waals surface area (Å²) in [6.45, 7) is 2.14. The van der Waals surface area contributed by atoms with Crippen molar-refractivity contribution in [3.63, 3.8) is 0 Å². The second kappa shape index (κ2) is 9.25. The molecule has 0 bridgehead atoms. The average Bonchev–Trinajstić information content (AvgIpc) is 3.30. The van der Waals surface area contributed by atoms with Gasteiger partial charge in [-0.1, -0.05) is 12.1 Å². The highest BCUT2D eigenvalue weighted by atomic mass is 19.1. The van der Waals surface area contributed by atoms with E-state index in [0.29, 0.717) is 31.9 Å². The fraction of sp³-hybridized carbons (Fsp3) is 0.269. The predicted octanol–water partition coefficient (Wildman–Crippen LogP) is 3.58. The lowest BCUT2D eigenvalue weighted by Gasteiger charge is -2.35. The van der Waals surface area contributed by atoms with Gasteiger partial charge in [0.2, 0.25) is 0 Å². The average molecular weight is 477 g/mol. The van der Waals surface area contributed by atoms with Crippen molar-refractivity contribution in [1.82, 2.24) is 9.47 Å². The van der Waals surface area contributed by atoms with E-state index >= 15 is 0 Å². The van der Waals surface area contributed by atoms with E-state index in [-0.39, 0.29) is 17.2 Å². The van der Waals surface area contributed by atoms with Crippen LogP contribution in [0.4, 0.5) is 20.6 Å². The van der Waals surface area contributed by atoms with Crippen LogP contribution in [0, 0.1) is 5.82 Å². The first-order valence-electron chi connectivity index (χ1n) is 11.5. The zero-order chi connectivity index (χ0) is 24.5. The molecule has 35 heavy (non-hydrogen) atoms. The van der Waals surface area contributed by atoms with Crippen LogP contribution >= 0.6 is 0 Å². The zero-order valence-corrected chi connectivity index (χ0v) is 19.0. The minimum absolute atomic E-state index is 0.0197. The highest BCUT2D eigenvalue weighted by molar-refractivity contribution is 6.03. The van der Waals surface area contributed by atoms with Gasteiger partial charge in [0.15, 0.2) is 0 Å². The van der Waals surface area contributed by atoms with Crippen molar-refractivity contribution in [1.29, 1.82) is 0 Å². The number of carbonyl (C=O) groups is 2. The van der Waals surface area contributed by atoms with Crippen LogP contribution in [0.2, 0.25) is 0 Å². The Hall–Kier alpha value is -4.14. The summed E-state index contributed by atoms with van der Waals surface area (Å²) in [5, 5.41) is 11.9. The summed E-state index contributed by atoms with van der Waals surface area (Å²) < 4.78 is 14.8. The molecule has 8 nitrogen and oxygen atoms in total. The maximum absolute atomic E-state index is 13.3. The van der Waals surface area contributed by atoms with Crippen molar-refractivity contribution >= 4 is 23.4 Å². The number of benzene rings is 2. The lowest BCUT2D eigenvalue weighted by Crippen LogP contribution is -2.48. The molecule has 1 aromatic heterocycles. The number of halogens is 1. The summed E-state index contributed by atoms with van der Waals surface area (Å²) in [5.41, 5.74) is 3.32. The number of rotatable bonds is 4. The number of anilines is 2. The predicted molar refractivity (Wildman–Crippen MR) is 130 cm³/mol. The van der Waals surface area contributed by atoms with Gasteiger partial charge in [0.25, 0.3) is 11.5 Å². The lowest BCUT2D eigenvalue weighted by atomic mass is 10.0. The van der Waals surface area contributed by atoms with E-state index in [1.165, 1.54) is 35.2 Å². The van der Waals surface area contributed by atoms with Crippen molar-refractivity contribution in [3.05, 3.63) is 93.7 Å². The zero-order valence-electron chi connectivity index (χ0n) is 19.0. The molecule has 9 heteroatoms. The number of carboxylic acid groups (broad SMARTS) is 1. The van der Waals surface area contributed by atoms with E-state index in [2.05, 4.69) is 10.2 Å². The van der Waals surface area contributed by atoms with E-state index < -0.39 is 17.8 Å². The molecule has 2 aliphatic rings. The standard InChI is InChI=1S/C26H25FN4O4/c27-17-6-8-18(9-7-17)28-24(32)21-4-2-12-31(25(21)33)23-11-10-20-19(23)3-1-5-22(20)29-13-15-30(16-14-29)26(34)35/h1-9,12,23H,10-11,13-16H2,(H,28,32)(H,34,35). The third-order valence-corrected chi connectivity index (χ3v) is 6.76. The fourth-order valence-electron chi connectivity index (χ4n) is 5.00. The van der Waals surface area contributed by atoms with E-state index in [9.17, 15) is 23.9 Å². The second-order valence-electron chi connectivity index (χ2n) is 8.75. The SMILES string of the molecule is O=C(Nc1ccc(F)cc1)c1cccn(C2CCc3c2cccc3N2CCN(C(=O)O)CC2)c1=O. The number of hydrogen-bond acceptors (Lipinski definition) is 4. The molecule has 1 aliphatic carbocycles. The van der Waals surface area contributed by atoms with E-state index in [0.717, 1.165) is 29.7 Å². The number of fused-ring (bicyclic) bond motifs is 1. The van der Waals surface area contributed by atoms with Crippen molar-refractivity contribution in [3.8, 4) is 0 Å². The van der Waals surface area contributed by atoms with Gasteiger partial charge in [-0.3, -0.25) is 9.59 Å². The van der Waals surface area contributed by atoms with Crippen molar-refractivity contribution in [2.24, 2.45) is 0 Å². The molecule has 1 fully saturated rings. The largest absolute Gasteiger partial charge is 0.465 e. The van der Waals surface area contributed by atoms with Gasteiger partial charge in [-0.25, -0.2) is 9.18 Å². The molecule has 0 saturated carbocycles. The first-order valence-corrected chi connectivity index (χ1v) is 11.5. The monoisotopic (exact) mass is 476 g/mol. The molecule has 1 unspecified atom stereocenters. The lowest BCUT2D eigenvalue weighted by molar-refractivity contribution is 0.102. The van der Waals surface area contributed by atoms with Crippen molar-refractivity contribution in [2.75, 3.05) is 36.4 Å². The molecule has 5 rings (SSSR count). The van der Waals surface area contributed by atoms with Gasteiger partial charge in [-0.05, 0) is 66.4 Å². The van der Waals surface area contributed by atoms with Gasteiger partial charge < -0.3 is 24.8 Å². The molecule has 1 saturated heterocycles. The van der Waals surface area contributed by atoms with Crippen LogP contribution in [-0.4, -0.2) is 52.8 Å². The Morgan fingerprint density at radius 2 is 1.71 bits per heavy atom. The summed E-state index contributed by atoms with van der Waals surface area (Å²) >= 11 is 0. The molecule has 2 N–H and O–H groups in total. The first kappa shape index (κ1) is 22.6. The number of hydrogen-bond donors (Lipinski definition) is 2. The molecular weight excluding hydrogens is 451 g/mol. The van der Waals surface area contributed by atoms with Crippen LogP contribution in [0.1, 0.15) is 33.9 Å². The third-order valence-electron chi connectivity index (χ3n) is 6.76. The van der Waals surface area contributed by atoms with Gasteiger partial charge in [-0.15, -0.1) is 0 Å². The smallest absolute Gasteiger partial charge is 0.407 e. The number of aromatic nitrogens is 1. The van der Waals surface area contributed by atoms with Crippen LogP contribution in [0.5, 0.6) is 0 Å². The highest BCUT2D eigenvalue weighted by Crippen LogP contribution is 2.39. The summed E-state index contributed by atoms with van der Waals surface area (Å²) in [7, 11) is 0. The molecule has 180 valence electrons. The Bertz CT molecular complexity index is 1330. The number of piperazine rings is 1. The number of pyridine rings is 1. The first-order chi connectivity index (χ1) is 16.9. The minimum atomic E-state index is -0.897. The van der Waals surface area contributed by atoms with Crippen molar-refractivity contribution < 1.29 is 19.1 Å². The fourth-order valence-corrected chi connectivity index (χ4v) is 5.00. The van der Waals surface area contributed by atoms with Gasteiger partial charge >= 0.3 is 6.09 Å². The van der Waals surface area contributed by atoms with Crippen LogP contribution < -0.4 is 15.8 Å². The van der Waals surface area contributed by atoms with E-state index in [4.69, 9.17) is 0 Å². The summed E-state index contributed by atoms with van der Waals surface area (Å²) in [4.78, 5) is 41.0. The maximum Gasteiger partial charge on any atom is 0.407 e. The number of carbonyl (C=O) groups excluding carboxylic acids is 1. The minimum Gasteiger partial charge on any atom is -0.465 e. The Balaban J connectivity index is 1.40. The molecule has 2 heterocycles. The third kappa shape index (κ3) is 4.37. The number of nitrogens with one attached hydrogen (secondary N) is 1. The van der Waals surface area contributed by atoms with Crippen LogP contribution in [0.3, 0.4) is 0 Å². The number of amides is 2. The molecular formula is C26H25FN4O4. The summed E-state index contributed by atoms with van der Waals surface area (Å²) in [6.07, 6.45) is 2.32. The Kier molecular flexibility index (Phi) is 5.98. The van der Waals surface area contributed by atoms with Gasteiger partial charge in [-0.2, -0.15) is 0 Å². The van der Waals surface area contributed by atoms with E-state index in [1.807, 2.05) is 18.2 Å². The summed E-state index contributed by atoms with van der Waals surface area (Å²) in [5.74, 6) is -0.952. The number of nitrogens with zero attached hydrogens (tertiary/aromatic N) is 3. The highest BCUT2D eigenvalue weighted by Gasteiger charge is 2.30. The van der Waals surface area contributed by atoms with Crippen LogP contribution in [0.25, 0.3) is 0 Å². The molecule has 1 aliphatic heterocycles. The Morgan fingerprint density at radius 3 is 2.43 bits per heavy atom. The molecule has 0 radical (unpaired) electrons. The van der Waals surface area contributed by atoms with Crippen molar-refractivity contribution in [2.45, 2.75) is 18.9 Å². The Morgan fingerprint density at radius 1 is 0.971 bits per heavy atom. The molecule has 2 amide bonds.